The fourth-order valence-electron chi connectivity index (χ4n) is 1.97. The summed E-state index contributed by atoms with van der Waals surface area (Å²) in [6.07, 6.45) is 1.04. The second-order valence-electron chi connectivity index (χ2n) is 5.32. The third-order valence-electron chi connectivity index (χ3n) is 2.86. The quantitative estimate of drug-likeness (QED) is 0.824. The lowest BCUT2D eigenvalue weighted by molar-refractivity contribution is 0.402. The molecule has 3 heteroatoms. The van der Waals surface area contributed by atoms with Crippen LogP contribution in [-0.4, -0.2) is 20.2 Å². The maximum atomic E-state index is 5.40. The van der Waals surface area contributed by atoms with Crippen molar-refractivity contribution in [3.63, 3.8) is 0 Å². The number of nitrogens with one attached hydrogen (secondary N) is 1. The molecule has 0 aromatic heterocycles. The summed E-state index contributed by atoms with van der Waals surface area (Å²) < 4.78 is 6.51. The van der Waals surface area contributed by atoms with Gasteiger partial charge in [-0.05, 0) is 55.1 Å². The van der Waals surface area contributed by atoms with E-state index in [1.54, 1.807) is 7.11 Å². The van der Waals surface area contributed by atoms with Gasteiger partial charge >= 0.3 is 0 Å². The van der Waals surface area contributed by atoms with E-state index in [0.717, 1.165) is 29.7 Å². The molecule has 1 aromatic rings. The van der Waals surface area contributed by atoms with E-state index in [1.165, 1.54) is 5.56 Å². The highest BCUT2D eigenvalue weighted by Gasteiger charge is 2.09. The van der Waals surface area contributed by atoms with Gasteiger partial charge in [-0.25, -0.2) is 0 Å². The first-order valence-corrected chi connectivity index (χ1v) is 7.35. The molecule has 0 aliphatic carbocycles. The van der Waals surface area contributed by atoms with Crippen LogP contribution in [0.1, 0.15) is 26.3 Å². The topological polar surface area (TPSA) is 21.3 Å². The van der Waals surface area contributed by atoms with Crippen LogP contribution in [0, 0.1) is 11.8 Å². The summed E-state index contributed by atoms with van der Waals surface area (Å²) in [5.74, 6) is 2.29. The fourth-order valence-corrected chi connectivity index (χ4v) is 2.38. The minimum absolute atomic E-state index is 0.604. The second kappa shape index (κ2) is 7.80. The van der Waals surface area contributed by atoms with Crippen LogP contribution in [0.5, 0.6) is 5.75 Å². The maximum Gasteiger partial charge on any atom is 0.122 e. The molecule has 0 aliphatic heterocycles. The number of halogens is 1. The van der Waals surface area contributed by atoms with Gasteiger partial charge in [0.05, 0.1) is 7.11 Å². The number of methoxy groups -OCH3 is 1. The molecule has 2 nitrogen and oxygen atoms in total. The number of hydrogen-bond donors (Lipinski definition) is 1. The fraction of sp³-hybridized carbons (Fsp3) is 0.600. The van der Waals surface area contributed by atoms with E-state index in [2.05, 4.69) is 48.1 Å². The smallest absolute Gasteiger partial charge is 0.122 e. The first kappa shape index (κ1) is 15.5. The van der Waals surface area contributed by atoms with Gasteiger partial charge < -0.3 is 10.1 Å². The van der Waals surface area contributed by atoms with Gasteiger partial charge in [-0.2, -0.15) is 0 Å². The zero-order valence-corrected chi connectivity index (χ0v) is 13.4. The third-order valence-corrected chi connectivity index (χ3v) is 3.35. The van der Waals surface area contributed by atoms with Gasteiger partial charge in [0, 0.05) is 4.47 Å². The minimum atomic E-state index is 0.604. The molecule has 0 aliphatic rings. The molecule has 0 amide bonds. The van der Waals surface area contributed by atoms with Crippen LogP contribution in [0.4, 0.5) is 0 Å². The van der Waals surface area contributed by atoms with Gasteiger partial charge in [0.15, 0.2) is 0 Å². The predicted molar refractivity (Wildman–Crippen MR) is 81.3 cm³/mol. The van der Waals surface area contributed by atoms with Gasteiger partial charge in [0.1, 0.15) is 5.75 Å². The molecule has 1 N–H and O–H groups in total. The van der Waals surface area contributed by atoms with Crippen molar-refractivity contribution in [3.05, 3.63) is 28.2 Å². The largest absolute Gasteiger partial charge is 0.496 e. The predicted octanol–water partition coefficient (Wildman–Crippen LogP) is 3.88. The average molecular weight is 314 g/mol. The van der Waals surface area contributed by atoms with E-state index in [-0.39, 0.29) is 0 Å². The van der Waals surface area contributed by atoms with Crippen LogP contribution < -0.4 is 10.1 Å². The Morgan fingerprint density at radius 3 is 2.56 bits per heavy atom. The number of hydrogen-bond acceptors (Lipinski definition) is 2. The Hall–Kier alpha value is -0.540. The number of ether oxygens (including phenoxy) is 1. The first-order chi connectivity index (χ1) is 8.52. The molecular formula is C15H24BrNO. The summed E-state index contributed by atoms with van der Waals surface area (Å²) in [6.45, 7) is 8.87. The Bertz CT molecular complexity index is 366. The van der Waals surface area contributed by atoms with Gasteiger partial charge in [-0.15, -0.1) is 0 Å². The molecule has 0 bridgehead atoms. The molecule has 0 radical (unpaired) electrons. The number of benzene rings is 1. The van der Waals surface area contributed by atoms with E-state index in [0.29, 0.717) is 11.8 Å². The summed E-state index contributed by atoms with van der Waals surface area (Å²) >= 11 is 3.52. The summed E-state index contributed by atoms with van der Waals surface area (Å²) in [5.41, 5.74) is 1.27. The molecule has 102 valence electrons. The van der Waals surface area contributed by atoms with Crippen molar-refractivity contribution in [2.45, 2.75) is 27.2 Å². The van der Waals surface area contributed by atoms with Gasteiger partial charge in [0.25, 0.3) is 0 Å². The zero-order chi connectivity index (χ0) is 13.5. The molecule has 0 heterocycles. The van der Waals surface area contributed by atoms with Crippen molar-refractivity contribution < 1.29 is 4.74 Å². The van der Waals surface area contributed by atoms with Gasteiger partial charge in [-0.3, -0.25) is 0 Å². The first-order valence-electron chi connectivity index (χ1n) is 6.56. The Balaban J connectivity index is 2.52. The highest BCUT2D eigenvalue weighted by Crippen LogP contribution is 2.25. The second-order valence-corrected chi connectivity index (χ2v) is 6.23. The maximum absolute atomic E-state index is 5.40. The molecule has 18 heavy (non-hydrogen) atoms. The molecular weight excluding hydrogens is 290 g/mol. The van der Waals surface area contributed by atoms with Crippen molar-refractivity contribution in [1.29, 1.82) is 0 Å². The molecule has 1 unspecified atom stereocenters. The zero-order valence-electron chi connectivity index (χ0n) is 11.8. The van der Waals surface area contributed by atoms with Crippen molar-refractivity contribution in [1.82, 2.24) is 5.32 Å². The van der Waals surface area contributed by atoms with E-state index in [9.17, 15) is 0 Å². The normalized spacial score (nSPS) is 12.8. The molecule has 1 rings (SSSR count). The lowest BCUT2D eigenvalue weighted by Crippen LogP contribution is -2.26. The standard InChI is InChI=1S/C15H24BrNO/c1-11(2)9-17-10-12(3)7-13-8-14(16)5-6-15(13)18-4/h5-6,8,11-12,17H,7,9-10H2,1-4H3. The highest BCUT2D eigenvalue weighted by molar-refractivity contribution is 9.10. The van der Waals surface area contributed by atoms with Crippen LogP contribution in [0.2, 0.25) is 0 Å². The van der Waals surface area contributed by atoms with Crippen molar-refractivity contribution in [3.8, 4) is 5.75 Å². The monoisotopic (exact) mass is 313 g/mol. The van der Waals surface area contributed by atoms with E-state index >= 15 is 0 Å². The Morgan fingerprint density at radius 1 is 1.22 bits per heavy atom. The Kier molecular flexibility index (Phi) is 6.72. The van der Waals surface area contributed by atoms with Crippen LogP contribution >= 0.6 is 15.9 Å². The van der Waals surface area contributed by atoms with Crippen molar-refractivity contribution in [2.75, 3.05) is 20.2 Å². The van der Waals surface area contributed by atoms with E-state index in [1.807, 2.05) is 12.1 Å². The molecule has 0 spiro atoms. The summed E-state index contributed by atoms with van der Waals surface area (Å²) in [7, 11) is 1.73. The van der Waals surface area contributed by atoms with Crippen LogP contribution in [0.15, 0.2) is 22.7 Å². The summed E-state index contributed by atoms with van der Waals surface area (Å²) in [6, 6.07) is 6.19. The lowest BCUT2D eigenvalue weighted by atomic mass is 10.00. The molecule has 0 fully saturated rings. The SMILES string of the molecule is COc1ccc(Br)cc1CC(C)CNCC(C)C. The van der Waals surface area contributed by atoms with Crippen LogP contribution in [0.3, 0.4) is 0 Å². The minimum Gasteiger partial charge on any atom is -0.496 e. The lowest BCUT2D eigenvalue weighted by Gasteiger charge is -2.16. The Morgan fingerprint density at radius 2 is 1.94 bits per heavy atom. The summed E-state index contributed by atoms with van der Waals surface area (Å²) in [4.78, 5) is 0. The molecule has 0 saturated heterocycles. The number of rotatable bonds is 7. The third kappa shape index (κ3) is 5.40. The van der Waals surface area contributed by atoms with Gasteiger partial charge in [-0.1, -0.05) is 36.7 Å². The Labute approximate surface area is 119 Å². The van der Waals surface area contributed by atoms with Crippen molar-refractivity contribution in [2.24, 2.45) is 11.8 Å². The molecule has 1 atom stereocenters. The van der Waals surface area contributed by atoms with Crippen molar-refractivity contribution >= 4 is 15.9 Å². The van der Waals surface area contributed by atoms with Crippen LogP contribution in [-0.2, 0) is 6.42 Å². The highest BCUT2D eigenvalue weighted by atomic mass is 79.9. The van der Waals surface area contributed by atoms with Gasteiger partial charge in [0.2, 0.25) is 0 Å². The van der Waals surface area contributed by atoms with Crippen LogP contribution in [0.25, 0.3) is 0 Å². The van der Waals surface area contributed by atoms with E-state index < -0.39 is 0 Å². The molecule has 0 saturated carbocycles. The van der Waals surface area contributed by atoms with E-state index in [4.69, 9.17) is 4.74 Å². The average Bonchev–Trinajstić information content (AvgIpc) is 2.28. The summed E-state index contributed by atoms with van der Waals surface area (Å²) in [5, 5.41) is 3.50. The molecule has 1 aromatic carbocycles.